The molecule has 2 atom stereocenters. The number of halogens is 3. The van der Waals surface area contributed by atoms with Gasteiger partial charge in [-0.2, -0.15) is 5.10 Å². The van der Waals surface area contributed by atoms with Gasteiger partial charge in [-0.25, -0.2) is 8.78 Å². The van der Waals surface area contributed by atoms with Crippen LogP contribution in [-0.4, -0.2) is 41.0 Å². The van der Waals surface area contributed by atoms with Crippen LogP contribution in [-0.2, 0) is 6.54 Å². The minimum Gasteiger partial charge on any atom is -0.391 e. The second-order valence-electron chi connectivity index (χ2n) is 5.48. The van der Waals surface area contributed by atoms with E-state index < -0.39 is 11.6 Å². The van der Waals surface area contributed by atoms with Crippen LogP contribution in [0, 0.1) is 17.6 Å². The van der Waals surface area contributed by atoms with Gasteiger partial charge >= 0.3 is 0 Å². The smallest absolute Gasteiger partial charge is 0.135 e. The Kier molecular flexibility index (Phi) is 6.06. The van der Waals surface area contributed by atoms with Crippen molar-refractivity contribution in [2.75, 3.05) is 19.6 Å². The van der Waals surface area contributed by atoms with E-state index in [0.717, 1.165) is 6.54 Å². The maximum absolute atomic E-state index is 13.9. The molecule has 2 heterocycles. The molecule has 1 aliphatic rings. The minimum atomic E-state index is -0.624. The molecule has 0 amide bonds. The van der Waals surface area contributed by atoms with Crippen molar-refractivity contribution >= 4 is 12.4 Å². The fourth-order valence-corrected chi connectivity index (χ4v) is 2.72. The number of nitrogens with zero attached hydrogens (tertiary/aromatic N) is 1. The Morgan fingerprint density at radius 1 is 1.26 bits per heavy atom. The van der Waals surface area contributed by atoms with Gasteiger partial charge in [0.05, 0.1) is 23.6 Å². The Bertz CT molecular complexity index is 632. The molecule has 0 radical (unpaired) electrons. The highest BCUT2D eigenvalue weighted by molar-refractivity contribution is 5.85. The van der Waals surface area contributed by atoms with Crippen LogP contribution >= 0.6 is 12.4 Å². The van der Waals surface area contributed by atoms with E-state index in [1.54, 1.807) is 6.20 Å². The lowest BCUT2D eigenvalue weighted by Crippen LogP contribution is -2.30. The normalized spacial score (nSPS) is 20.5. The van der Waals surface area contributed by atoms with Gasteiger partial charge in [-0.05, 0) is 12.1 Å². The molecule has 5 nitrogen and oxygen atoms in total. The fraction of sp³-hybridized carbons (Fsp3) is 0.400. The van der Waals surface area contributed by atoms with Gasteiger partial charge < -0.3 is 15.7 Å². The van der Waals surface area contributed by atoms with Gasteiger partial charge in [0.2, 0.25) is 0 Å². The molecule has 1 aromatic heterocycles. The first-order chi connectivity index (χ1) is 10.7. The van der Waals surface area contributed by atoms with Crippen LogP contribution in [0.25, 0.3) is 11.3 Å². The van der Waals surface area contributed by atoms with E-state index in [0.29, 0.717) is 30.9 Å². The fourth-order valence-electron chi connectivity index (χ4n) is 2.72. The van der Waals surface area contributed by atoms with Crippen LogP contribution in [0.4, 0.5) is 8.78 Å². The maximum Gasteiger partial charge on any atom is 0.135 e. The van der Waals surface area contributed by atoms with Crippen molar-refractivity contribution < 1.29 is 13.9 Å². The van der Waals surface area contributed by atoms with Crippen LogP contribution in [0.5, 0.6) is 0 Å². The molecule has 1 fully saturated rings. The SMILES string of the molecule is Cl.OC1CNCC1CNCc1cn[nH]c1-c1c(F)cccc1F. The molecule has 8 heteroatoms. The van der Waals surface area contributed by atoms with Gasteiger partial charge in [0.1, 0.15) is 11.6 Å². The Morgan fingerprint density at radius 2 is 2.00 bits per heavy atom. The van der Waals surface area contributed by atoms with Crippen LogP contribution in [0.3, 0.4) is 0 Å². The van der Waals surface area contributed by atoms with E-state index in [2.05, 4.69) is 20.8 Å². The van der Waals surface area contributed by atoms with Gasteiger partial charge in [-0.3, -0.25) is 5.10 Å². The van der Waals surface area contributed by atoms with Crippen molar-refractivity contribution in [2.45, 2.75) is 12.6 Å². The number of rotatable bonds is 5. The molecule has 1 aliphatic heterocycles. The molecule has 126 valence electrons. The van der Waals surface area contributed by atoms with Gasteiger partial charge in [0.25, 0.3) is 0 Å². The molecule has 4 N–H and O–H groups in total. The number of aromatic amines is 1. The highest BCUT2D eigenvalue weighted by atomic mass is 35.5. The third-order valence-corrected chi connectivity index (χ3v) is 3.96. The lowest BCUT2D eigenvalue weighted by molar-refractivity contribution is 0.146. The monoisotopic (exact) mass is 344 g/mol. The number of hydrogen-bond acceptors (Lipinski definition) is 4. The Hall–Kier alpha value is -1.54. The lowest BCUT2D eigenvalue weighted by Gasteiger charge is -2.14. The summed E-state index contributed by atoms with van der Waals surface area (Å²) in [7, 11) is 0. The van der Waals surface area contributed by atoms with Crippen LogP contribution in [0.1, 0.15) is 5.56 Å². The first-order valence-corrected chi connectivity index (χ1v) is 7.23. The molecule has 1 saturated heterocycles. The van der Waals surface area contributed by atoms with Crippen molar-refractivity contribution in [3.8, 4) is 11.3 Å². The average molecular weight is 345 g/mol. The van der Waals surface area contributed by atoms with E-state index in [-0.39, 0.29) is 30.0 Å². The topological polar surface area (TPSA) is 73.0 Å². The zero-order valence-corrected chi connectivity index (χ0v) is 13.2. The summed E-state index contributed by atoms with van der Waals surface area (Å²) >= 11 is 0. The van der Waals surface area contributed by atoms with E-state index in [1.807, 2.05) is 0 Å². The van der Waals surface area contributed by atoms with Crippen molar-refractivity contribution in [3.63, 3.8) is 0 Å². The van der Waals surface area contributed by atoms with Crippen LogP contribution in [0.15, 0.2) is 24.4 Å². The number of H-pyrrole nitrogens is 1. The summed E-state index contributed by atoms with van der Waals surface area (Å²) in [5.74, 6) is -1.11. The number of aromatic nitrogens is 2. The zero-order valence-electron chi connectivity index (χ0n) is 12.4. The first-order valence-electron chi connectivity index (χ1n) is 7.23. The predicted octanol–water partition coefficient (Wildman–Crippen LogP) is 1.45. The van der Waals surface area contributed by atoms with E-state index in [9.17, 15) is 13.9 Å². The third kappa shape index (κ3) is 3.87. The van der Waals surface area contributed by atoms with Gasteiger partial charge in [0.15, 0.2) is 0 Å². The number of aliphatic hydroxyl groups excluding tert-OH is 1. The molecule has 3 rings (SSSR count). The summed E-state index contributed by atoms with van der Waals surface area (Å²) in [6.07, 6.45) is 1.19. The number of nitrogens with one attached hydrogen (secondary N) is 3. The third-order valence-electron chi connectivity index (χ3n) is 3.96. The quantitative estimate of drug-likeness (QED) is 0.662. The minimum absolute atomic E-state index is 0. The van der Waals surface area contributed by atoms with E-state index in [1.165, 1.54) is 18.2 Å². The summed E-state index contributed by atoms with van der Waals surface area (Å²) in [5.41, 5.74) is 0.928. The second-order valence-corrected chi connectivity index (χ2v) is 5.48. The molecule has 0 bridgehead atoms. The maximum atomic E-state index is 13.9. The van der Waals surface area contributed by atoms with Crippen molar-refractivity contribution in [1.29, 1.82) is 0 Å². The van der Waals surface area contributed by atoms with Crippen molar-refractivity contribution in [2.24, 2.45) is 5.92 Å². The summed E-state index contributed by atoms with van der Waals surface area (Å²) < 4.78 is 27.7. The number of benzene rings is 1. The summed E-state index contributed by atoms with van der Waals surface area (Å²) in [6.45, 7) is 2.40. The highest BCUT2D eigenvalue weighted by Gasteiger charge is 2.24. The summed E-state index contributed by atoms with van der Waals surface area (Å²) in [5, 5.41) is 22.6. The van der Waals surface area contributed by atoms with Gasteiger partial charge in [0, 0.05) is 37.7 Å². The van der Waals surface area contributed by atoms with Gasteiger partial charge in [-0.1, -0.05) is 6.07 Å². The highest BCUT2D eigenvalue weighted by Crippen LogP contribution is 2.27. The molecule has 2 aromatic rings. The summed E-state index contributed by atoms with van der Waals surface area (Å²) in [4.78, 5) is 0. The Morgan fingerprint density at radius 3 is 2.65 bits per heavy atom. The molecule has 23 heavy (non-hydrogen) atoms. The average Bonchev–Trinajstić information content (AvgIpc) is 3.09. The largest absolute Gasteiger partial charge is 0.391 e. The van der Waals surface area contributed by atoms with Crippen molar-refractivity contribution in [1.82, 2.24) is 20.8 Å². The van der Waals surface area contributed by atoms with Crippen molar-refractivity contribution in [3.05, 3.63) is 41.6 Å². The molecular weight excluding hydrogens is 326 g/mol. The molecule has 2 unspecified atom stereocenters. The molecular formula is C15H19ClF2N4O. The van der Waals surface area contributed by atoms with Crippen LogP contribution < -0.4 is 10.6 Å². The first kappa shape index (κ1) is 17.8. The van der Waals surface area contributed by atoms with Gasteiger partial charge in [-0.15, -0.1) is 12.4 Å². The Balaban J connectivity index is 0.00000192. The Labute approximate surface area is 138 Å². The van der Waals surface area contributed by atoms with Crippen LogP contribution in [0.2, 0.25) is 0 Å². The molecule has 1 aromatic carbocycles. The molecule has 0 spiro atoms. The van der Waals surface area contributed by atoms with E-state index in [4.69, 9.17) is 0 Å². The standard InChI is InChI=1S/C15H18F2N4O.ClH/c16-11-2-1-3-12(17)14(11)15-10(7-20-21-15)6-18-4-9-5-19-8-13(9)22;/h1-3,7,9,13,18-19,22H,4-6,8H2,(H,20,21);1H. The predicted molar refractivity (Wildman–Crippen MR) is 85.3 cm³/mol. The molecule has 0 aliphatic carbocycles. The summed E-state index contributed by atoms with van der Waals surface area (Å²) in [6, 6.07) is 3.77. The number of β-amino-alcohol motifs (C(OH)–C–C–N with tert-alkyl or cyclic N) is 1. The lowest BCUT2D eigenvalue weighted by atomic mass is 10.1. The molecule has 0 saturated carbocycles. The van der Waals surface area contributed by atoms with E-state index >= 15 is 0 Å². The number of hydrogen-bond donors (Lipinski definition) is 4. The second kappa shape index (κ2) is 7.83. The zero-order chi connectivity index (χ0) is 15.5. The number of aliphatic hydroxyl groups is 1.